The Morgan fingerprint density at radius 3 is 2.62 bits per heavy atom. The van der Waals surface area contributed by atoms with Gasteiger partial charge in [0.1, 0.15) is 10.9 Å². The summed E-state index contributed by atoms with van der Waals surface area (Å²) in [5, 5.41) is 0. The smallest absolute Gasteiger partial charge is 0.245 e. The van der Waals surface area contributed by atoms with Crippen molar-refractivity contribution in [1.29, 1.82) is 0 Å². The Bertz CT molecular complexity index is 1400. The van der Waals surface area contributed by atoms with Crippen molar-refractivity contribution in [2.75, 3.05) is 13.1 Å². The summed E-state index contributed by atoms with van der Waals surface area (Å²) in [5.74, 6) is -0.575. The minimum absolute atomic E-state index is 0.0530. The minimum atomic E-state index is -3.90. The standard InChI is InChI=1S/C28H30N4O4S/c1-19(2)15-23(20-7-5-8-21(16-20)24-10-3-4-13-30-24)28(34)31-14-11-25-27(31)26(33)18-32(25)37(35,36)22-9-6-12-29-17-22/h3-10,12-13,16-17,19,23,25,27H,11,14-15,18H2,1-2H3. The summed E-state index contributed by atoms with van der Waals surface area (Å²) < 4.78 is 27.8. The molecule has 0 bridgehead atoms. The highest BCUT2D eigenvalue weighted by atomic mass is 32.2. The molecule has 2 aliphatic rings. The van der Waals surface area contributed by atoms with E-state index in [1.165, 1.54) is 22.8 Å². The van der Waals surface area contributed by atoms with Gasteiger partial charge in [0.15, 0.2) is 5.78 Å². The molecule has 3 atom stereocenters. The number of likely N-dealkylation sites (tertiary alicyclic amines) is 1. The average molecular weight is 519 g/mol. The lowest BCUT2D eigenvalue weighted by molar-refractivity contribution is -0.138. The largest absolute Gasteiger partial charge is 0.330 e. The van der Waals surface area contributed by atoms with Crippen LogP contribution in [0.25, 0.3) is 11.3 Å². The second kappa shape index (κ2) is 10.1. The lowest BCUT2D eigenvalue weighted by Gasteiger charge is -2.29. The normalized spacial score (nSPS) is 20.8. The fraction of sp³-hybridized carbons (Fsp3) is 0.357. The van der Waals surface area contributed by atoms with Gasteiger partial charge < -0.3 is 4.90 Å². The highest BCUT2D eigenvalue weighted by Gasteiger charge is 2.54. The Hall–Kier alpha value is -3.43. The molecule has 2 aliphatic heterocycles. The van der Waals surface area contributed by atoms with E-state index in [0.29, 0.717) is 19.4 Å². The molecule has 1 amide bonds. The van der Waals surface area contributed by atoms with E-state index in [9.17, 15) is 18.0 Å². The molecule has 2 aromatic heterocycles. The van der Waals surface area contributed by atoms with Crippen molar-refractivity contribution in [1.82, 2.24) is 19.2 Å². The quantitative estimate of drug-likeness (QED) is 0.475. The summed E-state index contributed by atoms with van der Waals surface area (Å²) >= 11 is 0. The first-order chi connectivity index (χ1) is 17.8. The first-order valence-electron chi connectivity index (χ1n) is 12.5. The maximum Gasteiger partial charge on any atom is 0.245 e. The molecule has 0 N–H and O–H groups in total. The van der Waals surface area contributed by atoms with E-state index in [1.54, 1.807) is 17.2 Å². The molecule has 2 saturated heterocycles. The zero-order chi connectivity index (χ0) is 26.2. The van der Waals surface area contributed by atoms with Gasteiger partial charge in [0.05, 0.1) is 24.2 Å². The van der Waals surface area contributed by atoms with Crippen LogP contribution in [0.4, 0.5) is 0 Å². The van der Waals surface area contributed by atoms with Gasteiger partial charge in [-0.15, -0.1) is 0 Å². The Morgan fingerprint density at radius 1 is 1.08 bits per heavy atom. The molecule has 0 aliphatic carbocycles. The molecule has 1 aromatic carbocycles. The van der Waals surface area contributed by atoms with Crippen molar-refractivity contribution < 1.29 is 18.0 Å². The lowest BCUT2D eigenvalue weighted by atomic mass is 9.87. The van der Waals surface area contributed by atoms with Crippen molar-refractivity contribution >= 4 is 21.7 Å². The summed E-state index contributed by atoms with van der Waals surface area (Å²) in [4.78, 5) is 37.2. The van der Waals surface area contributed by atoms with Crippen LogP contribution in [0.15, 0.2) is 78.1 Å². The van der Waals surface area contributed by atoms with Crippen LogP contribution in [-0.2, 0) is 19.6 Å². The van der Waals surface area contributed by atoms with Crippen LogP contribution < -0.4 is 0 Å². The van der Waals surface area contributed by atoms with Crippen molar-refractivity contribution in [2.45, 2.75) is 49.6 Å². The molecule has 0 radical (unpaired) electrons. The molecule has 5 rings (SSSR count). The predicted octanol–water partition coefficient (Wildman–Crippen LogP) is 3.52. The number of fused-ring (bicyclic) bond motifs is 1. The molecule has 8 nitrogen and oxygen atoms in total. The summed E-state index contributed by atoms with van der Waals surface area (Å²) in [6.45, 7) is 4.24. The van der Waals surface area contributed by atoms with Gasteiger partial charge >= 0.3 is 0 Å². The molecule has 9 heteroatoms. The van der Waals surface area contributed by atoms with Crippen molar-refractivity contribution in [3.63, 3.8) is 0 Å². The third-order valence-corrected chi connectivity index (χ3v) is 9.01. The van der Waals surface area contributed by atoms with Crippen molar-refractivity contribution in [3.8, 4) is 11.3 Å². The van der Waals surface area contributed by atoms with Crippen LogP contribution in [0, 0.1) is 5.92 Å². The number of nitrogens with zero attached hydrogens (tertiary/aromatic N) is 4. The number of carbonyl (C=O) groups excluding carboxylic acids is 2. The van der Waals surface area contributed by atoms with Gasteiger partial charge in [0, 0.05) is 30.7 Å². The molecule has 0 spiro atoms. The van der Waals surface area contributed by atoms with Crippen LogP contribution in [0.2, 0.25) is 0 Å². The number of aromatic nitrogens is 2. The first-order valence-corrected chi connectivity index (χ1v) is 14.0. The molecular weight excluding hydrogens is 488 g/mol. The second-order valence-electron chi connectivity index (χ2n) is 10.1. The third-order valence-electron chi connectivity index (χ3n) is 7.16. The Morgan fingerprint density at radius 2 is 1.92 bits per heavy atom. The molecule has 0 saturated carbocycles. The van der Waals surface area contributed by atoms with E-state index in [1.807, 2.05) is 42.5 Å². The van der Waals surface area contributed by atoms with Crippen molar-refractivity contribution in [3.05, 3.63) is 78.8 Å². The van der Waals surface area contributed by atoms with Gasteiger partial charge in [0.25, 0.3) is 0 Å². The Balaban J connectivity index is 1.44. The van der Waals surface area contributed by atoms with Gasteiger partial charge in [-0.25, -0.2) is 8.42 Å². The number of amides is 1. The van der Waals surface area contributed by atoms with E-state index in [2.05, 4.69) is 23.8 Å². The van der Waals surface area contributed by atoms with E-state index in [4.69, 9.17) is 0 Å². The zero-order valence-corrected chi connectivity index (χ0v) is 21.7. The van der Waals surface area contributed by atoms with Crippen LogP contribution in [0.3, 0.4) is 0 Å². The predicted molar refractivity (Wildman–Crippen MR) is 139 cm³/mol. The minimum Gasteiger partial charge on any atom is -0.330 e. The van der Waals surface area contributed by atoms with E-state index >= 15 is 0 Å². The number of hydrogen-bond donors (Lipinski definition) is 0. The number of ketones is 1. The zero-order valence-electron chi connectivity index (χ0n) is 20.9. The van der Waals surface area contributed by atoms with Gasteiger partial charge in [-0.1, -0.05) is 38.1 Å². The van der Waals surface area contributed by atoms with E-state index < -0.39 is 28.0 Å². The SMILES string of the molecule is CC(C)CC(C(=O)N1CCC2C1C(=O)CN2S(=O)(=O)c1cccnc1)c1cccc(-c2ccccn2)c1. The molecule has 37 heavy (non-hydrogen) atoms. The summed E-state index contributed by atoms with van der Waals surface area (Å²) in [6, 6.07) is 15.2. The fourth-order valence-electron chi connectivity index (χ4n) is 5.48. The maximum atomic E-state index is 14.0. The van der Waals surface area contributed by atoms with Crippen molar-refractivity contribution in [2.24, 2.45) is 5.92 Å². The molecule has 192 valence electrons. The number of benzene rings is 1. The van der Waals surface area contributed by atoms with E-state index in [0.717, 1.165) is 16.8 Å². The first kappa shape index (κ1) is 25.2. The number of hydrogen-bond acceptors (Lipinski definition) is 6. The highest BCUT2D eigenvalue weighted by molar-refractivity contribution is 7.89. The molecule has 4 heterocycles. The van der Waals surface area contributed by atoms with Gasteiger partial charge in [-0.05, 0) is 54.7 Å². The number of carbonyl (C=O) groups is 2. The molecule has 3 unspecified atom stereocenters. The highest BCUT2D eigenvalue weighted by Crippen LogP contribution is 2.37. The van der Waals surface area contributed by atoms with Crippen LogP contribution in [0.5, 0.6) is 0 Å². The second-order valence-corrected chi connectivity index (χ2v) is 12.0. The fourth-order valence-corrected chi connectivity index (χ4v) is 7.06. The number of sulfonamides is 1. The van der Waals surface area contributed by atoms with Crippen LogP contribution in [-0.4, -0.2) is 64.5 Å². The number of Topliss-reactive ketones (excluding diaryl/α,β-unsaturated/α-hetero) is 1. The maximum absolute atomic E-state index is 14.0. The third kappa shape index (κ3) is 4.81. The van der Waals surface area contributed by atoms with Gasteiger partial charge in [-0.2, -0.15) is 4.31 Å². The molecule has 2 fully saturated rings. The summed E-state index contributed by atoms with van der Waals surface area (Å²) in [6.07, 6.45) is 5.57. The number of rotatable bonds is 7. The average Bonchev–Trinajstić information content (AvgIpc) is 3.49. The monoisotopic (exact) mass is 518 g/mol. The lowest BCUT2D eigenvalue weighted by Crippen LogP contribution is -2.45. The van der Waals surface area contributed by atoms with Crippen LogP contribution >= 0.6 is 0 Å². The summed E-state index contributed by atoms with van der Waals surface area (Å²) in [5.41, 5.74) is 2.61. The van der Waals surface area contributed by atoms with Gasteiger partial charge in [-0.3, -0.25) is 19.6 Å². The van der Waals surface area contributed by atoms with E-state index in [-0.39, 0.29) is 29.0 Å². The summed E-state index contributed by atoms with van der Waals surface area (Å²) in [7, 11) is -3.90. The Kier molecular flexibility index (Phi) is 6.92. The molecule has 3 aromatic rings. The Labute approximate surface area is 217 Å². The molecular formula is C28H30N4O4S. The topological polar surface area (TPSA) is 101 Å². The van der Waals surface area contributed by atoms with Crippen LogP contribution in [0.1, 0.15) is 38.2 Å². The van der Waals surface area contributed by atoms with Gasteiger partial charge in [0.2, 0.25) is 15.9 Å². The number of pyridine rings is 2.